The Morgan fingerprint density at radius 2 is 1.67 bits per heavy atom. The molecule has 0 saturated heterocycles. The first-order valence-electron chi connectivity index (χ1n) is 10.0. The number of fused-ring (bicyclic) bond motifs is 2. The molecule has 0 spiro atoms. The second-order valence-corrected chi connectivity index (χ2v) is 8.68. The Labute approximate surface area is 158 Å². The fourth-order valence-electron chi connectivity index (χ4n) is 5.05. The Kier molecular flexibility index (Phi) is 4.88. The average molecular weight is 380 g/mol. The van der Waals surface area contributed by atoms with Gasteiger partial charge >= 0.3 is 0 Å². The molecule has 2 saturated carbocycles. The van der Waals surface area contributed by atoms with Crippen LogP contribution in [0.1, 0.15) is 62.5 Å². The molecule has 0 unspecified atom stereocenters. The van der Waals surface area contributed by atoms with E-state index in [4.69, 9.17) is 4.74 Å². The summed E-state index contributed by atoms with van der Waals surface area (Å²) < 4.78 is 50.0. The maximum absolute atomic E-state index is 15.2. The van der Waals surface area contributed by atoms with Gasteiger partial charge in [0.05, 0.1) is 23.7 Å². The number of ether oxygens (including phenoxy) is 1. The molecule has 0 heterocycles. The number of aliphatic hydroxyl groups is 1. The molecule has 4 aliphatic carbocycles. The quantitative estimate of drug-likeness (QED) is 0.772. The van der Waals surface area contributed by atoms with E-state index in [2.05, 4.69) is 0 Å². The highest BCUT2D eigenvalue weighted by atomic mass is 19.2. The molecule has 5 heteroatoms. The lowest BCUT2D eigenvalue weighted by Gasteiger charge is -2.50. The number of halogens is 3. The molecule has 0 radical (unpaired) electrons. The van der Waals surface area contributed by atoms with Gasteiger partial charge in [0.1, 0.15) is 5.83 Å². The van der Waals surface area contributed by atoms with Gasteiger partial charge in [-0.25, -0.2) is 13.2 Å². The lowest BCUT2D eigenvalue weighted by atomic mass is 9.59. The minimum Gasteiger partial charge on any atom is -0.393 e. The van der Waals surface area contributed by atoms with Crippen molar-refractivity contribution in [3.8, 4) is 0 Å². The Balaban J connectivity index is 1.53. The van der Waals surface area contributed by atoms with Gasteiger partial charge < -0.3 is 9.84 Å². The van der Waals surface area contributed by atoms with Crippen molar-refractivity contribution in [2.24, 2.45) is 5.92 Å². The number of allylic oxidation sites excluding steroid dienone is 1. The van der Waals surface area contributed by atoms with Gasteiger partial charge in [-0.3, -0.25) is 0 Å². The Morgan fingerprint density at radius 3 is 2.30 bits per heavy atom. The van der Waals surface area contributed by atoms with E-state index in [1.165, 1.54) is 25.1 Å². The van der Waals surface area contributed by atoms with E-state index in [1.807, 2.05) is 0 Å². The van der Waals surface area contributed by atoms with Crippen LogP contribution in [0.5, 0.6) is 0 Å². The van der Waals surface area contributed by atoms with E-state index in [0.29, 0.717) is 38.2 Å². The van der Waals surface area contributed by atoms with E-state index in [-0.39, 0.29) is 23.1 Å². The van der Waals surface area contributed by atoms with E-state index in [9.17, 15) is 13.9 Å². The molecule has 2 bridgehead atoms. The van der Waals surface area contributed by atoms with Crippen molar-refractivity contribution in [3.05, 3.63) is 46.8 Å². The summed E-state index contributed by atoms with van der Waals surface area (Å²) in [6, 6.07) is 3.06. The van der Waals surface area contributed by atoms with Crippen molar-refractivity contribution in [1.29, 1.82) is 0 Å². The van der Waals surface area contributed by atoms with Crippen LogP contribution in [-0.2, 0) is 10.2 Å². The van der Waals surface area contributed by atoms with Crippen LogP contribution in [0, 0.1) is 24.5 Å². The maximum atomic E-state index is 15.2. The van der Waals surface area contributed by atoms with Crippen molar-refractivity contribution in [3.63, 3.8) is 0 Å². The summed E-state index contributed by atoms with van der Waals surface area (Å²) in [7, 11) is 0. The number of hydrogen-bond acceptors (Lipinski definition) is 2. The zero-order chi connectivity index (χ0) is 19.2. The monoisotopic (exact) mass is 380 g/mol. The molecule has 1 aromatic carbocycles. The molecule has 0 aliphatic heterocycles. The van der Waals surface area contributed by atoms with Gasteiger partial charge in [0, 0.05) is 5.56 Å². The molecule has 148 valence electrons. The number of aryl methyl sites for hydroxylation is 1. The van der Waals surface area contributed by atoms with Crippen molar-refractivity contribution < 1.29 is 23.0 Å². The lowest BCUT2D eigenvalue weighted by molar-refractivity contribution is -0.0791. The zero-order valence-electron chi connectivity index (χ0n) is 15.7. The van der Waals surface area contributed by atoms with Crippen LogP contribution in [0.15, 0.2) is 24.0 Å². The van der Waals surface area contributed by atoms with Crippen LogP contribution < -0.4 is 0 Å². The summed E-state index contributed by atoms with van der Waals surface area (Å²) in [6.45, 7) is 2.08. The first-order valence-corrected chi connectivity index (χ1v) is 10.0. The smallest absolute Gasteiger partial charge is 0.163 e. The lowest BCUT2D eigenvalue weighted by Crippen LogP contribution is -2.48. The zero-order valence-corrected chi connectivity index (χ0v) is 15.7. The Bertz CT molecular complexity index is 742. The molecule has 27 heavy (non-hydrogen) atoms. The van der Waals surface area contributed by atoms with Gasteiger partial charge in [0.25, 0.3) is 0 Å². The van der Waals surface area contributed by atoms with Crippen molar-refractivity contribution in [2.75, 3.05) is 6.61 Å². The molecule has 1 N–H and O–H groups in total. The summed E-state index contributed by atoms with van der Waals surface area (Å²) >= 11 is 0. The first-order chi connectivity index (χ1) is 12.9. The molecule has 2 nitrogen and oxygen atoms in total. The number of rotatable bonds is 4. The third kappa shape index (κ3) is 3.23. The summed E-state index contributed by atoms with van der Waals surface area (Å²) in [5, 5.41) is 9.62. The largest absolute Gasteiger partial charge is 0.393 e. The van der Waals surface area contributed by atoms with Crippen LogP contribution in [0.4, 0.5) is 13.2 Å². The molecule has 2 fully saturated rings. The van der Waals surface area contributed by atoms with Gasteiger partial charge in [-0.15, -0.1) is 0 Å². The van der Waals surface area contributed by atoms with Gasteiger partial charge in [-0.2, -0.15) is 0 Å². The van der Waals surface area contributed by atoms with Gasteiger partial charge in [-0.1, -0.05) is 12.1 Å². The van der Waals surface area contributed by atoms with Crippen LogP contribution in [0.2, 0.25) is 0 Å². The van der Waals surface area contributed by atoms with E-state index >= 15 is 4.39 Å². The molecule has 0 aromatic heterocycles. The first kappa shape index (κ1) is 19.0. The van der Waals surface area contributed by atoms with Crippen LogP contribution in [0.3, 0.4) is 0 Å². The molecular weight excluding hydrogens is 353 g/mol. The fraction of sp³-hybridized carbons (Fsp3) is 0.636. The maximum Gasteiger partial charge on any atom is 0.163 e. The van der Waals surface area contributed by atoms with Crippen molar-refractivity contribution in [1.82, 2.24) is 0 Å². The predicted octanol–water partition coefficient (Wildman–Crippen LogP) is 5.26. The summed E-state index contributed by atoms with van der Waals surface area (Å²) in [5.41, 5.74) is -1.31. The molecule has 4 aliphatic rings. The molecule has 0 amide bonds. The van der Waals surface area contributed by atoms with Crippen molar-refractivity contribution >= 4 is 0 Å². The number of hydrogen-bond donors (Lipinski definition) is 1. The van der Waals surface area contributed by atoms with Crippen molar-refractivity contribution in [2.45, 2.75) is 75.4 Å². The highest BCUT2D eigenvalue weighted by molar-refractivity contribution is 5.42. The summed E-state index contributed by atoms with van der Waals surface area (Å²) in [5.74, 6) is -1.79. The second kappa shape index (κ2) is 6.93. The SMILES string of the molecule is Cc1ccc(C23CCC(OCC4CCC(O)CC4)(C=C2F)CC3)c(F)c1F. The summed E-state index contributed by atoms with van der Waals surface area (Å²) in [6.07, 6.45) is 6.87. The van der Waals surface area contributed by atoms with Gasteiger partial charge in [0.2, 0.25) is 0 Å². The Morgan fingerprint density at radius 1 is 1.00 bits per heavy atom. The number of benzene rings is 1. The second-order valence-electron chi connectivity index (χ2n) is 8.68. The van der Waals surface area contributed by atoms with Crippen LogP contribution in [-0.4, -0.2) is 23.4 Å². The van der Waals surface area contributed by atoms with E-state index < -0.39 is 22.7 Å². The van der Waals surface area contributed by atoms with E-state index in [0.717, 1.165) is 25.7 Å². The van der Waals surface area contributed by atoms with Crippen LogP contribution >= 0.6 is 0 Å². The fourth-order valence-corrected chi connectivity index (χ4v) is 5.05. The number of aliphatic hydroxyl groups excluding tert-OH is 1. The topological polar surface area (TPSA) is 29.5 Å². The molecule has 0 atom stereocenters. The third-order valence-corrected chi connectivity index (χ3v) is 7.01. The molecular formula is C22H27F3O2. The highest BCUT2D eigenvalue weighted by Crippen LogP contribution is 2.56. The normalized spacial score (nSPS) is 36.0. The average Bonchev–Trinajstić information content (AvgIpc) is 2.67. The third-order valence-electron chi connectivity index (χ3n) is 7.01. The minimum absolute atomic E-state index is 0.133. The Hall–Kier alpha value is -1.33. The van der Waals surface area contributed by atoms with E-state index in [1.54, 1.807) is 0 Å². The standard InChI is InChI=1S/C22H27F3O2/c1-14-2-7-17(20(25)19(14)24)22-10-8-21(9-11-22,12-18(22)23)27-13-15-3-5-16(26)6-4-15/h2,7,12,15-16,26H,3-6,8-11,13H2,1H3. The minimum atomic E-state index is -1.06. The molecule has 5 rings (SSSR count). The molecule has 1 aromatic rings. The van der Waals surface area contributed by atoms with Gasteiger partial charge in [0.15, 0.2) is 11.6 Å². The highest BCUT2D eigenvalue weighted by Gasteiger charge is 2.53. The predicted molar refractivity (Wildman–Crippen MR) is 97.1 cm³/mol. The van der Waals surface area contributed by atoms with Crippen LogP contribution in [0.25, 0.3) is 0 Å². The van der Waals surface area contributed by atoms with Gasteiger partial charge in [-0.05, 0) is 75.8 Å². The summed E-state index contributed by atoms with van der Waals surface area (Å²) in [4.78, 5) is 0.